The monoisotopic (exact) mass is 266 g/mol. The van der Waals surface area contributed by atoms with Crippen molar-refractivity contribution < 1.29 is 4.52 Å². The summed E-state index contributed by atoms with van der Waals surface area (Å²) in [6, 6.07) is 13.6. The Kier molecular flexibility index (Phi) is 3.16. The maximum Gasteiger partial charge on any atom is 0.276 e. The van der Waals surface area contributed by atoms with Gasteiger partial charge in [-0.25, -0.2) is 4.98 Å². The molecule has 0 aliphatic rings. The smallest absolute Gasteiger partial charge is 0.276 e. The molecule has 1 aromatic carbocycles. The lowest BCUT2D eigenvalue weighted by Crippen LogP contribution is -1.93. The minimum atomic E-state index is 0.388. The Morgan fingerprint density at radius 3 is 2.60 bits per heavy atom. The van der Waals surface area contributed by atoms with E-state index in [1.165, 1.54) is 5.56 Å². The lowest BCUT2D eigenvalue weighted by molar-refractivity contribution is 0.422. The van der Waals surface area contributed by atoms with Crippen LogP contribution in [0.15, 0.2) is 47.0 Å². The highest BCUT2D eigenvalue weighted by Gasteiger charge is 2.10. The number of nitrogen functional groups attached to an aromatic ring is 1. The normalized spacial score (nSPS) is 10.7. The second-order valence-electron chi connectivity index (χ2n) is 4.63. The Morgan fingerprint density at radius 1 is 1.05 bits per heavy atom. The highest BCUT2D eigenvalue weighted by atomic mass is 16.5. The topological polar surface area (TPSA) is 77.8 Å². The highest BCUT2D eigenvalue weighted by Crippen LogP contribution is 2.17. The summed E-state index contributed by atoms with van der Waals surface area (Å²) >= 11 is 0. The van der Waals surface area contributed by atoms with E-state index in [9.17, 15) is 0 Å². The van der Waals surface area contributed by atoms with Crippen molar-refractivity contribution in [3.63, 3.8) is 0 Å². The Bertz CT molecular complexity index is 719. The fourth-order valence-corrected chi connectivity index (χ4v) is 1.89. The predicted molar refractivity (Wildman–Crippen MR) is 75.9 cm³/mol. The van der Waals surface area contributed by atoms with Crippen LogP contribution in [0.2, 0.25) is 0 Å². The van der Waals surface area contributed by atoms with E-state index in [0.717, 1.165) is 5.56 Å². The number of aromatic nitrogens is 3. The molecular weight excluding hydrogens is 252 g/mol. The van der Waals surface area contributed by atoms with Gasteiger partial charge in [0.25, 0.3) is 5.89 Å². The molecule has 0 aliphatic carbocycles. The summed E-state index contributed by atoms with van der Waals surface area (Å²) < 4.78 is 5.22. The van der Waals surface area contributed by atoms with Crippen LogP contribution in [0.3, 0.4) is 0 Å². The quantitative estimate of drug-likeness (QED) is 0.788. The van der Waals surface area contributed by atoms with Gasteiger partial charge in [-0.15, -0.1) is 0 Å². The van der Waals surface area contributed by atoms with Crippen LogP contribution in [0.25, 0.3) is 11.6 Å². The van der Waals surface area contributed by atoms with Crippen LogP contribution in [-0.4, -0.2) is 15.1 Å². The van der Waals surface area contributed by atoms with Gasteiger partial charge in [0.15, 0.2) is 5.82 Å². The van der Waals surface area contributed by atoms with Crippen LogP contribution in [0.1, 0.15) is 17.0 Å². The van der Waals surface area contributed by atoms with E-state index in [2.05, 4.69) is 46.3 Å². The molecule has 0 amide bonds. The molecule has 0 saturated carbocycles. The fourth-order valence-electron chi connectivity index (χ4n) is 1.89. The Labute approximate surface area is 116 Å². The second kappa shape index (κ2) is 5.13. The minimum Gasteiger partial charge on any atom is -0.384 e. The number of aryl methyl sites for hydroxylation is 1. The molecule has 0 atom stereocenters. The summed E-state index contributed by atoms with van der Waals surface area (Å²) in [5.41, 5.74) is 8.60. The SMILES string of the molecule is Cc1ccc(Cc2noc(-c3cccc(N)n3)n2)cc1. The molecule has 0 saturated heterocycles. The third-order valence-electron chi connectivity index (χ3n) is 2.94. The standard InChI is InChI=1S/C15H14N4O/c1-10-5-7-11(8-6-10)9-14-18-15(20-19-14)12-3-2-4-13(16)17-12/h2-8H,9H2,1H3,(H2,16,17). The van der Waals surface area contributed by atoms with Crippen LogP contribution in [-0.2, 0) is 6.42 Å². The van der Waals surface area contributed by atoms with Crippen molar-refractivity contribution in [2.75, 3.05) is 5.73 Å². The van der Waals surface area contributed by atoms with Gasteiger partial charge in [-0.05, 0) is 24.6 Å². The summed E-state index contributed by atoms with van der Waals surface area (Å²) in [7, 11) is 0. The Hall–Kier alpha value is -2.69. The van der Waals surface area contributed by atoms with Crippen molar-refractivity contribution in [3.8, 4) is 11.6 Å². The number of pyridine rings is 1. The predicted octanol–water partition coefficient (Wildman–Crippen LogP) is 2.61. The molecule has 0 unspecified atom stereocenters. The van der Waals surface area contributed by atoms with Gasteiger partial charge in [0.05, 0.1) is 0 Å². The molecule has 0 bridgehead atoms. The summed E-state index contributed by atoms with van der Waals surface area (Å²) in [5.74, 6) is 1.45. The largest absolute Gasteiger partial charge is 0.384 e. The number of benzene rings is 1. The molecule has 3 rings (SSSR count). The first kappa shape index (κ1) is 12.3. The first-order valence-corrected chi connectivity index (χ1v) is 6.32. The van der Waals surface area contributed by atoms with Crippen molar-refractivity contribution in [2.24, 2.45) is 0 Å². The zero-order valence-electron chi connectivity index (χ0n) is 11.1. The van der Waals surface area contributed by atoms with Crippen molar-refractivity contribution in [1.29, 1.82) is 0 Å². The molecule has 0 radical (unpaired) electrons. The molecule has 0 aliphatic heterocycles. The number of hydrogen-bond acceptors (Lipinski definition) is 5. The van der Waals surface area contributed by atoms with Crippen LogP contribution in [0.5, 0.6) is 0 Å². The number of anilines is 1. The molecule has 5 heteroatoms. The van der Waals surface area contributed by atoms with Gasteiger partial charge < -0.3 is 10.3 Å². The lowest BCUT2D eigenvalue weighted by atomic mass is 10.1. The van der Waals surface area contributed by atoms with Crippen molar-refractivity contribution in [3.05, 3.63) is 59.4 Å². The van der Waals surface area contributed by atoms with Crippen molar-refractivity contribution in [2.45, 2.75) is 13.3 Å². The van der Waals surface area contributed by atoms with Gasteiger partial charge in [-0.3, -0.25) is 0 Å². The molecular formula is C15H14N4O. The lowest BCUT2D eigenvalue weighted by Gasteiger charge is -1.97. The maximum atomic E-state index is 5.64. The van der Waals surface area contributed by atoms with E-state index < -0.39 is 0 Å². The molecule has 0 fully saturated rings. The first-order chi connectivity index (χ1) is 9.70. The summed E-state index contributed by atoms with van der Waals surface area (Å²) in [4.78, 5) is 8.50. The Balaban J connectivity index is 1.82. The molecule has 2 heterocycles. The van der Waals surface area contributed by atoms with Crippen LogP contribution >= 0.6 is 0 Å². The fraction of sp³-hybridized carbons (Fsp3) is 0.133. The van der Waals surface area contributed by atoms with Crippen LogP contribution < -0.4 is 5.73 Å². The first-order valence-electron chi connectivity index (χ1n) is 6.32. The molecule has 20 heavy (non-hydrogen) atoms. The minimum absolute atomic E-state index is 0.388. The van der Waals surface area contributed by atoms with E-state index in [1.54, 1.807) is 12.1 Å². The summed E-state index contributed by atoms with van der Waals surface area (Å²) in [6.45, 7) is 2.06. The van der Waals surface area contributed by atoms with Crippen LogP contribution in [0, 0.1) is 6.92 Å². The highest BCUT2D eigenvalue weighted by molar-refractivity contribution is 5.50. The zero-order chi connectivity index (χ0) is 13.9. The maximum absolute atomic E-state index is 5.64. The zero-order valence-corrected chi connectivity index (χ0v) is 11.1. The summed E-state index contributed by atoms with van der Waals surface area (Å²) in [5, 5.41) is 3.97. The molecule has 0 spiro atoms. The molecule has 2 N–H and O–H groups in total. The van der Waals surface area contributed by atoms with E-state index in [4.69, 9.17) is 10.3 Å². The van der Waals surface area contributed by atoms with Crippen LogP contribution in [0.4, 0.5) is 5.82 Å². The van der Waals surface area contributed by atoms with Gasteiger partial charge in [0.2, 0.25) is 0 Å². The molecule has 2 aromatic heterocycles. The van der Waals surface area contributed by atoms with Gasteiger partial charge in [-0.1, -0.05) is 41.1 Å². The number of nitrogens with two attached hydrogens (primary N) is 1. The van der Waals surface area contributed by atoms with E-state index in [-0.39, 0.29) is 0 Å². The van der Waals surface area contributed by atoms with E-state index in [1.807, 2.05) is 6.07 Å². The van der Waals surface area contributed by atoms with Crippen molar-refractivity contribution >= 4 is 5.82 Å². The molecule has 3 aromatic rings. The van der Waals surface area contributed by atoms with Gasteiger partial charge >= 0.3 is 0 Å². The van der Waals surface area contributed by atoms with Gasteiger partial charge in [0, 0.05) is 6.42 Å². The van der Waals surface area contributed by atoms with E-state index in [0.29, 0.717) is 29.6 Å². The van der Waals surface area contributed by atoms with E-state index >= 15 is 0 Å². The molecule has 100 valence electrons. The third-order valence-corrected chi connectivity index (χ3v) is 2.94. The summed E-state index contributed by atoms with van der Waals surface area (Å²) in [6.07, 6.45) is 0.631. The van der Waals surface area contributed by atoms with Crippen molar-refractivity contribution in [1.82, 2.24) is 15.1 Å². The van der Waals surface area contributed by atoms with Gasteiger partial charge in [0.1, 0.15) is 11.5 Å². The number of hydrogen-bond donors (Lipinski definition) is 1. The molecule has 5 nitrogen and oxygen atoms in total. The Morgan fingerprint density at radius 2 is 1.85 bits per heavy atom. The van der Waals surface area contributed by atoms with Gasteiger partial charge in [-0.2, -0.15) is 4.98 Å². The number of rotatable bonds is 3. The second-order valence-corrected chi connectivity index (χ2v) is 4.63. The average molecular weight is 266 g/mol. The average Bonchev–Trinajstić information content (AvgIpc) is 2.90. The third kappa shape index (κ3) is 2.66. The number of nitrogens with zero attached hydrogens (tertiary/aromatic N) is 3.